The summed E-state index contributed by atoms with van der Waals surface area (Å²) in [6.07, 6.45) is 5.15. The molecule has 0 amide bonds. The quantitative estimate of drug-likeness (QED) is 0.351. The molecule has 0 atom stereocenters. The molecule has 3 heteroatoms. The van der Waals surface area contributed by atoms with Crippen molar-refractivity contribution < 1.29 is 9.53 Å². The lowest BCUT2D eigenvalue weighted by Crippen LogP contribution is -2.07. The molecule has 1 saturated carbocycles. The lowest BCUT2D eigenvalue weighted by atomic mass is 9.93. The van der Waals surface area contributed by atoms with E-state index in [9.17, 15) is 4.79 Å². The van der Waals surface area contributed by atoms with E-state index in [2.05, 4.69) is 9.58 Å². The maximum atomic E-state index is 11.1. The molecule has 0 unspecified atom stereocenters. The van der Waals surface area contributed by atoms with E-state index < -0.39 is 5.97 Å². The van der Waals surface area contributed by atoms with E-state index in [0.29, 0.717) is 0 Å². The number of methoxy groups -OCH3 is 1. The van der Waals surface area contributed by atoms with Gasteiger partial charge in [0.05, 0.1) is 13.7 Å². The summed E-state index contributed by atoms with van der Waals surface area (Å²) < 4.78 is 4.55. The topological polar surface area (TPSA) is 30.7 Å². The summed E-state index contributed by atoms with van der Waals surface area (Å²) >= 11 is 0. The number of carbonyl (C=O) groups excluding carboxylic acids is 1. The summed E-state index contributed by atoms with van der Waals surface area (Å²) in [6.45, 7) is 6.90. The van der Waals surface area contributed by atoms with E-state index in [0.717, 1.165) is 31.3 Å². The molecule has 1 aliphatic carbocycles. The first-order valence-electron chi connectivity index (χ1n) is 4.47. The van der Waals surface area contributed by atoms with E-state index in [1.807, 2.05) is 0 Å². The van der Waals surface area contributed by atoms with Gasteiger partial charge in [0.25, 0.3) is 5.70 Å². The van der Waals surface area contributed by atoms with Gasteiger partial charge < -0.3 is 4.74 Å². The Kier molecular flexibility index (Phi) is 3.51. The van der Waals surface area contributed by atoms with Gasteiger partial charge in [0.2, 0.25) is 0 Å². The molecule has 0 aromatic heterocycles. The van der Waals surface area contributed by atoms with Crippen LogP contribution in [-0.4, -0.2) is 13.1 Å². The lowest BCUT2D eigenvalue weighted by Gasteiger charge is -2.14. The number of ether oxygens (including phenoxy) is 1. The Labute approximate surface area is 78.2 Å². The number of hydrogen-bond acceptors (Lipinski definition) is 2. The van der Waals surface area contributed by atoms with Gasteiger partial charge >= 0.3 is 5.97 Å². The van der Waals surface area contributed by atoms with Crippen LogP contribution in [0.3, 0.4) is 0 Å². The molecule has 1 aliphatic rings. The summed E-state index contributed by atoms with van der Waals surface area (Å²) in [5.41, 5.74) is 1.19. The second-order valence-corrected chi connectivity index (χ2v) is 3.12. The van der Waals surface area contributed by atoms with Crippen LogP contribution in [0.5, 0.6) is 0 Å². The molecule has 70 valence electrons. The Bertz CT molecular complexity index is 265. The van der Waals surface area contributed by atoms with Gasteiger partial charge in [-0.2, -0.15) is 0 Å². The lowest BCUT2D eigenvalue weighted by molar-refractivity contribution is -0.135. The number of hydrogen-bond donors (Lipinski definition) is 0. The van der Waals surface area contributed by atoms with Gasteiger partial charge in [-0.05, 0) is 12.8 Å². The minimum atomic E-state index is -0.480. The average Bonchev–Trinajstić information content (AvgIpc) is 2.20. The Hall–Kier alpha value is -1.30. The smallest absolute Gasteiger partial charge is 0.335 e. The average molecular weight is 179 g/mol. The molecule has 0 aliphatic heterocycles. The number of nitrogens with zero attached hydrogens (tertiary/aromatic N) is 1. The number of allylic oxidation sites excluding steroid dienone is 1. The first kappa shape index (κ1) is 9.79. The van der Waals surface area contributed by atoms with Crippen LogP contribution in [0.4, 0.5) is 0 Å². The maximum Gasteiger partial charge on any atom is 0.335 e. The highest BCUT2D eigenvalue weighted by Gasteiger charge is 2.17. The van der Waals surface area contributed by atoms with E-state index in [4.69, 9.17) is 6.57 Å². The van der Waals surface area contributed by atoms with Crippen molar-refractivity contribution in [1.82, 2.24) is 0 Å². The molecule has 1 fully saturated rings. The summed E-state index contributed by atoms with van der Waals surface area (Å²) in [4.78, 5) is 14.4. The standard InChI is InChI=1S/C10H13NO2/c1-11-9(10(12)13-2)8-6-4-3-5-7-8/h3-7H2,2H3. The molecule has 0 heterocycles. The maximum absolute atomic E-state index is 11.1. The fraction of sp³-hybridized carbons (Fsp3) is 0.600. The molecule has 3 nitrogen and oxygen atoms in total. The Balaban J connectivity index is 2.84. The molecule has 0 aromatic rings. The number of carbonyl (C=O) groups is 1. The highest BCUT2D eigenvalue weighted by atomic mass is 16.5. The summed E-state index contributed by atoms with van der Waals surface area (Å²) in [5.74, 6) is -0.480. The van der Waals surface area contributed by atoms with Crippen molar-refractivity contribution in [3.8, 4) is 0 Å². The second kappa shape index (κ2) is 4.66. The van der Waals surface area contributed by atoms with Gasteiger partial charge in [0, 0.05) is 0 Å². The highest BCUT2D eigenvalue weighted by molar-refractivity contribution is 5.91. The fourth-order valence-electron chi connectivity index (χ4n) is 1.58. The van der Waals surface area contributed by atoms with Crippen molar-refractivity contribution in [2.75, 3.05) is 7.11 Å². The van der Waals surface area contributed by atoms with E-state index in [-0.39, 0.29) is 5.70 Å². The molecule has 0 radical (unpaired) electrons. The van der Waals surface area contributed by atoms with E-state index >= 15 is 0 Å². The van der Waals surface area contributed by atoms with Crippen LogP contribution in [0, 0.1) is 6.57 Å². The van der Waals surface area contributed by atoms with Crippen molar-refractivity contribution in [2.45, 2.75) is 32.1 Å². The zero-order valence-corrected chi connectivity index (χ0v) is 7.80. The van der Waals surface area contributed by atoms with Gasteiger partial charge in [-0.25, -0.2) is 4.85 Å². The molecular formula is C10H13NO2. The van der Waals surface area contributed by atoms with Crippen molar-refractivity contribution in [2.24, 2.45) is 0 Å². The predicted octanol–water partition coefficient (Wildman–Crippen LogP) is 2.30. The van der Waals surface area contributed by atoms with Crippen LogP contribution in [0.15, 0.2) is 11.3 Å². The monoisotopic (exact) mass is 179 g/mol. The van der Waals surface area contributed by atoms with Gasteiger partial charge in [-0.3, -0.25) is 4.79 Å². The molecule has 0 aromatic carbocycles. The van der Waals surface area contributed by atoms with Crippen LogP contribution in [0.1, 0.15) is 32.1 Å². The molecule has 0 spiro atoms. The molecule has 13 heavy (non-hydrogen) atoms. The van der Waals surface area contributed by atoms with Gasteiger partial charge in [0.15, 0.2) is 0 Å². The third kappa shape index (κ3) is 2.32. The van der Waals surface area contributed by atoms with Crippen molar-refractivity contribution in [3.05, 3.63) is 22.7 Å². The fourth-order valence-corrected chi connectivity index (χ4v) is 1.58. The third-order valence-corrected chi connectivity index (χ3v) is 2.28. The molecule has 0 N–H and O–H groups in total. The summed E-state index contributed by atoms with van der Waals surface area (Å²) in [5, 5.41) is 0. The zero-order chi connectivity index (χ0) is 9.68. The van der Waals surface area contributed by atoms with E-state index in [1.54, 1.807) is 0 Å². The van der Waals surface area contributed by atoms with Crippen LogP contribution in [0.25, 0.3) is 4.85 Å². The Morgan fingerprint density at radius 2 is 2.00 bits per heavy atom. The highest BCUT2D eigenvalue weighted by Crippen LogP contribution is 2.26. The molecule has 1 rings (SSSR count). The first-order valence-corrected chi connectivity index (χ1v) is 4.47. The number of rotatable bonds is 1. The third-order valence-electron chi connectivity index (χ3n) is 2.28. The van der Waals surface area contributed by atoms with Crippen LogP contribution in [0.2, 0.25) is 0 Å². The van der Waals surface area contributed by atoms with Gasteiger partial charge in [-0.15, -0.1) is 0 Å². The zero-order valence-electron chi connectivity index (χ0n) is 7.80. The van der Waals surface area contributed by atoms with E-state index in [1.165, 1.54) is 13.5 Å². The number of esters is 1. The minimum absolute atomic E-state index is 0.210. The molecular weight excluding hydrogens is 166 g/mol. The van der Waals surface area contributed by atoms with Gasteiger partial charge in [0.1, 0.15) is 0 Å². The Morgan fingerprint density at radius 1 is 1.38 bits per heavy atom. The van der Waals surface area contributed by atoms with Crippen molar-refractivity contribution in [3.63, 3.8) is 0 Å². The van der Waals surface area contributed by atoms with Crippen molar-refractivity contribution in [1.29, 1.82) is 0 Å². The summed E-state index contributed by atoms with van der Waals surface area (Å²) in [6, 6.07) is 0. The normalized spacial score (nSPS) is 16.2. The van der Waals surface area contributed by atoms with Gasteiger partial charge in [-0.1, -0.05) is 24.8 Å². The van der Waals surface area contributed by atoms with Crippen molar-refractivity contribution >= 4 is 5.97 Å². The molecule has 0 bridgehead atoms. The SMILES string of the molecule is [C-]#[N+]C(C(=O)OC)=C1CCCCC1. The van der Waals surface area contributed by atoms with Crippen LogP contribution in [-0.2, 0) is 9.53 Å². The minimum Gasteiger partial charge on any atom is -0.474 e. The molecule has 0 saturated heterocycles. The largest absolute Gasteiger partial charge is 0.474 e. The predicted molar refractivity (Wildman–Crippen MR) is 48.7 cm³/mol. The first-order chi connectivity index (χ1) is 6.29. The second-order valence-electron chi connectivity index (χ2n) is 3.12. The van der Waals surface area contributed by atoms with Crippen LogP contribution >= 0.6 is 0 Å². The summed E-state index contributed by atoms with van der Waals surface area (Å²) in [7, 11) is 1.32. The Morgan fingerprint density at radius 3 is 2.46 bits per heavy atom. The van der Waals surface area contributed by atoms with Crippen LogP contribution < -0.4 is 0 Å².